The van der Waals surface area contributed by atoms with E-state index in [1.54, 1.807) is 30.3 Å². The van der Waals surface area contributed by atoms with Crippen LogP contribution in [0.1, 0.15) is 11.1 Å². The third-order valence-electron chi connectivity index (χ3n) is 3.80. The summed E-state index contributed by atoms with van der Waals surface area (Å²) < 4.78 is 5.05. The molecule has 0 aromatic heterocycles. The van der Waals surface area contributed by atoms with Gasteiger partial charge in [0, 0.05) is 11.1 Å². The van der Waals surface area contributed by atoms with Crippen LogP contribution in [0.5, 0.6) is 0 Å². The van der Waals surface area contributed by atoms with Crippen LogP contribution in [0.15, 0.2) is 60.7 Å². The van der Waals surface area contributed by atoms with Crippen molar-refractivity contribution in [1.82, 2.24) is 4.90 Å². The molecule has 1 aliphatic heterocycles. The Morgan fingerprint density at radius 1 is 1.17 bits per heavy atom. The zero-order valence-electron chi connectivity index (χ0n) is 12.9. The highest BCUT2D eigenvalue weighted by Gasteiger charge is 2.36. The van der Waals surface area contributed by atoms with Gasteiger partial charge in [-0.2, -0.15) is 0 Å². The van der Waals surface area contributed by atoms with Crippen LogP contribution in [-0.2, 0) is 16.0 Å². The number of hydrogen-bond acceptors (Lipinski definition) is 3. The summed E-state index contributed by atoms with van der Waals surface area (Å²) in [5, 5.41) is 0.629. The highest BCUT2D eigenvalue weighted by Crippen LogP contribution is 2.18. The van der Waals surface area contributed by atoms with Gasteiger partial charge in [0.05, 0.1) is 6.04 Å². The highest BCUT2D eigenvalue weighted by molar-refractivity contribution is 6.30. The lowest BCUT2D eigenvalue weighted by molar-refractivity contribution is -0.124. The first-order valence-electron chi connectivity index (χ1n) is 7.61. The zero-order valence-corrected chi connectivity index (χ0v) is 13.6. The van der Waals surface area contributed by atoms with Crippen molar-refractivity contribution in [3.05, 3.63) is 76.8 Å². The summed E-state index contributed by atoms with van der Waals surface area (Å²) in [7, 11) is 0. The number of ether oxygens (including phenoxy) is 1. The van der Waals surface area contributed by atoms with Crippen molar-refractivity contribution in [3.8, 4) is 0 Å². The lowest BCUT2D eigenvalue weighted by Gasteiger charge is -2.18. The molecule has 0 N–H and O–H groups in total. The molecule has 2 aromatic rings. The number of cyclic esters (lactones) is 1. The van der Waals surface area contributed by atoms with Crippen LogP contribution in [0.4, 0.5) is 4.79 Å². The average molecular weight is 342 g/mol. The van der Waals surface area contributed by atoms with E-state index in [-0.39, 0.29) is 18.6 Å². The first-order chi connectivity index (χ1) is 11.6. The molecule has 0 spiro atoms. The van der Waals surface area contributed by atoms with E-state index in [0.717, 1.165) is 11.1 Å². The molecule has 1 unspecified atom stereocenters. The summed E-state index contributed by atoms with van der Waals surface area (Å²) in [5.74, 6) is -0.381. The highest BCUT2D eigenvalue weighted by atomic mass is 35.5. The Morgan fingerprint density at radius 2 is 1.88 bits per heavy atom. The quantitative estimate of drug-likeness (QED) is 0.791. The smallest absolute Gasteiger partial charge is 0.417 e. The number of benzene rings is 2. The summed E-state index contributed by atoms with van der Waals surface area (Å²) in [6.45, 7) is 0.217. The minimum absolute atomic E-state index is 0.217. The Hall–Kier alpha value is -2.59. The molecule has 1 heterocycles. The largest absolute Gasteiger partial charge is 0.447 e. The van der Waals surface area contributed by atoms with Gasteiger partial charge in [-0.25, -0.2) is 9.69 Å². The average Bonchev–Trinajstić information content (AvgIpc) is 2.95. The van der Waals surface area contributed by atoms with E-state index in [0.29, 0.717) is 11.4 Å². The Morgan fingerprint density at radius 3 is 2.58 bits per heavy atom. The third kappa shape index (κ3) is 3.84. The molecule has 0 aliphatic carbocycles. The second-order valence-corrected chi connectivity index (χ2v) is 5.95. The standard InChI is InChI=1S/C19H16ClNO3/c20-16-9-6-14(7-10-16)8-11-18(22)21-17(13-24-19(21)23)12-15-4-2-1-3-5-15/h1-11,17H,12-13H2. The molecule has 122 valence electrons. The minimum atomic E-state index is -0.596. The molecule has 0 radical (unpaired) electrons. The molecule has 0 saturated carbocycles. The van der Waals surface area contributed by atoms with Gasteiger partial charge in [-0.1, -0.05) is 54.1 Å². The van der Waals surface area contributed by atoms with Crippen LogP contribution in [-0.4, -0.2) is 29.5 Å². The topological polar surface area (TPSA) is 46.6 Å². The number of amides is 2. The number of carbonyl (C=O) groups excluding carboxylic acids is 2. The van der Waals surface area contributed by atoms with Crippen LogP contribution in [0.2, 0.25) is 5.02 Å². The Kier molecular flexibility index (Phi) is 4.96. The van der Waals surface area contributed by atoms with E-state index in [1.165, 1.54) is 11.0 Å². The molecule has 1 aliphatic rings. The molecule has 4 nitrogen and oxygen atoms in total. The molecule has 1 atom stereocenters. The first-order valence-corrected chi connectivity index (χ1v) is 7.99. The lowest BCUT2D eigenvalue weighted by Crippen LogP contribution is -2.39. The SMILES string of the molecule is O=C(C=Cc1ccc(Cl)cc1)N1C(=O)OCC1Cc1ccccc1. The second kappa shape index (κ2) is 7.32. The fourth-order valence-electron chi connectivity index (χ4n) is 2.59. The zero-order chi connectivity index (χ0) is 16.9. The number of carbonyl (C=O) groups is 2. The summed E-state index contributed by atoms with van der Waals surface area (Å²) in [5.41, 5.74) is 1.89. The summed E-state index contributed by atoms with van der Waals surface area (Å²) >= 11 is 5.83. The van der Waals surface area contributed by atoms with Crippen LogP contribution in [0.3, 0.4) is 0 Å². The van der Waals surface area contributed by atoms with E-state index in [4.69, 9.17) is 16.3 Å². The molecule has 24 heavy (non-hydrogen) atoms. The van der Waals surface area contributed by atoms with Crippen molar-refractivity contribution in [3.63, 3.8) is 0 Å². The predicted molar refractivity (Wildman–Crippen MR) is 92.6 cm³/mol. The summed E-state index contributed by atoms with van der Waals surface area (Å²) in [6.07, 6.45) is 3.02. The van der Waals surface area contributed by atoms with Crippen LogP contribution in [0.25, 0.3) is 6.08 Å². The molecule has 1 saturated heterocycles. The Bertz CT molecular complexity index is 756. The van der Waals surface area contributed by atoms with Crippen molar-refractivity contribution in [1.29, 1.82) is 0 Å². The van der Waals surface area contributed by atoms with Gasteiger partial charge < -0.3 is 4.74 Å². The van der Waals surface area contributed by atoms with Gasteiger partial charge in [0.25, 0.3) is 5.91 Å². The maximum Gasteiger partial charge on any atom is 0.417 e. The lowest BCUT2D eigenvalue weighted by atomic mass is 10.1. The van der Waals surface area contributed by atoms with E-state index in [2.05, 4.69) is 0 Å². The summed E-state index contributed by atoms with van der Waals surface area (Å²) in [4.78, 5) is 25.5. The third-order valence-corrected chi connectivity index (χ3v) is 4.05. The number of imide groups is 1. The first kappa shape index (κ1) is 16.3. The van der Waals surface area contributed by atoms with Gasteiger partial charge in [0.2, 0.25) is 0 Å². The van der Waals surface area contributed by atoms with Crippen molar-refractivity contribution >= 4 is 29.7 Å². The van der Waals surface area contributed by atoms with Crippen LogP contribution >= 0.6 is 11.6 Å². The molecule has 3 rings (SSSR count). The van der Waals surface area contributed by atoms with E-state index >= 15 is 0 Å². The normalized spacial score (nSPS) is 17.3. The van der Waals surface area contributed by atoms with Gasteiger partial charge in [-0.3, -0.25) is 4.79 Å². The van der Waals surface area contributed by atoms with E-state index < -0.39 is 6.09 Å². The number of halogens is 1. The van der Waals surface area contributed by atoms with Gasteiger partial charge in [0.1, 0.15) is 6.61 Å². The fourth-order valence-corrected chi connectivity index (χ4v) is 2.71. The van der Waals surface area contributed by atoms with E-state index in [9.17, 15) is 9.59 Å². The van der Waals surface area contributed by atoms with Crippen molar-refractivity contribution < 1.29 is 14.3 Å². The fraction of sp³-hybridized carbons (Fsp3) is 0.158. The van der Waals surface area contributed by atoms with E-state index in [1.807, 2.05) is 30.3 Å². The molecule has 2 aromatic carbocycles. The van der Waals surface area contributed by atoms with Crippen molar-refractivity contribution in [2.75, 3.05) is 6.61 Å². The minimum Gasteiger partial charge on any atom is -0.447 e. The molecular weight excluding hydrogens is 326 g/mol. The number of rotatable bonds is 4. The Balaban J connectivity index is 1.71. The number of nitrogens with zero attached hydrogens (tertiary/aromatic N) is 1. The summed E-state index contributed by atoms with van der Waals surface area (Å²) in [6, 6.07) is 16.5. The maximum absolute atomic E-state index is 12.4. The maximum atomic E-state index is 12.4. The van der Waals surface area contributed by atoms with Gasteiger partial charge in [-0.05, 0) is 35.8 Å². The van der Waals surface area contributed by atoms with Gasteiger partial charge in [-0.15, -0.1) is 0 Å². The number of hydrogen-bond donors (Lipinski definition) is 0. The van der Waals surface area contributed by atoms with Gasteiger partial charge >= 0.3 is 6.09 Å². The second-order valence-electron chi connectivity index (χ2n) is 5.51. The Labute approximate surface area is 145 Å². The predicted octanol–water partition coefficient (Wildman–Crippen LogP) is 3.94. The molecular formula is C19H16ClNO3. The van der Waals surface area contributed by atoms with Crippen molar-refractivity contribution in [2.45, 2.75) is 12.5 Å². The van der Waals surface area contributed by atoms with Gasteiger partial charge in [0.15, 0.2) is 0 Å². The molecule has 2 amide bonds. The van der Waals surface area contributed by atoms with Crippen molar-refractivity contribution in [2.24, 2.45) is 0 Å². The van der Waals surface area contributed by atoms with Crippen LogP contribution in [0, 0.1) is 0 Å². The molecule has 5 heteroatoms. The molecule has 0 bridgehead atoms. The van der Waals surface area contributed by atoms with Crippen LogP contribution < -0.4 is 0 Å². The molecule has 1 fully saturated rings. The monoisotopic (exact) mass is 341 g/mol.